The molecule has 0 atom stereocenters. The fourth-order valence-corrected chi connectivity index (χ4v) is 3.02. The summed E-state index contributed by atoms with van der Waals surface area (Å²) in [4.78, 5) is 17.5. The molecule has 31 heavy (non-hydrogen) atoms. The average molecular weight is 414 g/mol. The standard InChI is InChI=1S/C24H22N4O3/c1-17-9-11-19(12-10-17)23-26-24(25-16-20-7-5-15-31-20)28(27-23)22(29)14-13-18-6-3-4-8-21(18)30-2/h3-15H,16H2,1-2H3,(H,25,26,27). The van der Waals surface area contributed by atoms with Crippen LogP contribution in [0.3, 0.4) is 0 Å². The van der Waals surface area contributed by atoms with Crippen molar-refractivity contribution in [1.29, 1.82) is 0 Å². The minimum Gasteiger partial charge on any atom is -0.496 e. The number of carbonyl (C=O) groups excluding carboxylic acids is 1. The maximum atomic E-state index is 13.0. The molecule has 4 aromatic rings. The number of rotatable bonds is 7. The molecule has 7 heteroatoms. The molecule has 0 amide bonds. The first-order valence-electron chi connectivity index (χ1n) is 9.80. The van der Waals surface area contributed by atoms with E-state index in [4.69, 9.17) is 9.15 Å². The van der Waals surface area contributed by atoms with Crippen LogP contribution in [0.5, 0.6) is 5.75 Å². The second kappa shape index (κ2) is 9.13. The summed E-state index contributed by atoms with van der Waals surface area (Å²) in [6.07, 6.45) is 4.74. The molecule has 7 nitrogen and oxygen atoms in total. The number of nitrogens with one attached hydrogen (secondary N) is 1. The molecule has 156 valence electrons. The molecule has 2 aromatic heterocycles. The van der Waals surface area contributed by atoms with Gasteiger partial charge in [0.2, 0.25) is 5.95 Å². The van der Waals surface area contributed by atoms with E-state index < -0.39 is 0 Å². The monoisotopic (exact) mass is 414 g/mol. The third-order valence-electron chi connectivity index (χ3n) is 4.67. The largest absolute Gasteiger partial charge is 0.496 e. The molecule has 4 rings (SSSR count). The lowest BCUT2D eigenvalue weighted by Gasteiger charge is -2.05. The Balaban J connectivity index is 1.64. The number of ether oxygens (including phenoxy) is 1. The van der Waals surface area contributed by atoms with Crippen molar-refractivity contribution < 1.29 is 13.9 Å². The van der Waals surface area contributed by atoms with Crippen LogP contribution < -0.4 is 10.1 Å². The molecular weight excluding hydrogens is 392 g/mol. The molecule has 0 aliphatic rings. The summed E-state index contributed by atoms with van der Waals surface area (Å²) < 4.78 is 12.0. The highest BCUT2D eigenvalue weighted by molar-refractivity contribution is 5.95. The first-order valence-corrected chi connectivity index (χ1v) is 9.80. The number of aryl methyl sites for hydroxylation is 1. The third-order valence-corrected chi connectivity index (χ3v) is 4.67. The van der Waals surface area contributed by atoms with Crippen LogP contribution in [0.25, 0.3) is 17.5 Å². The SMILES string of the molecule is COc1ccccc1C=CC(=O)n1nc(-c2ccc(C)cc2)nc1NCc1ccco1. The number of allylic oxidation sites excluding steroid dienone is 1. The van der Waals surface area contributed by atoms with Gasteiger partial charge in [-0.1, -0.05) is 48.0 Å². The van der Waals surface area contributed by atoms with Crippen LogP contribution in [0, 0.1) is 6.92 Å². The topological polar surface area (TPSA) is 82.2 Å². The zero-order valence-corrected chi connectivity index (χ0v) is 17.3. The summed E-state index contributed by atoms with van der Waals surface area (Å²) in [5.41, 5.74) is 2.75. The van der Waals surface area contributed by atoms with Crippen LogP contribution in [-0.2, 0) is 6.54 Å². The Bertz CT molecular complexity index is 1190. The van der Waals surface area contributed by atoms with E-state index in [1.807, 2.05) is 61.5 Å². The zero-order valence-electron chi connectivity index (χ0n) is 17.3. The maximum absolute atomic E-state index is 13.0. The van der Waals surface area contributed by atoms with Crippen LogP contribution in [0.1, 0.15) is 21.7 Å². The molecule has 0 saturated heterocycles. The van der Waals surface area contributed by atoms with Gasteiger partial charge >= 0.3 is 0 Å². The second-order valence-corrected chi connectivity index (χ2v) is 6.88. The predicted octanol–water partition coefficient (Wildman–Crippen LogP) is 4.82. The second-order valence-electron chi connectivity index (χ2n) is 6.88. The molecule has 0 aliphatic heterocycles. The van der Waals surface area contributed by atoms with Crippen molar-refractivity contribution in [1.82, 2.24) is 14.8 Å². The number of benzene rings is 2. The van der Waals surface area contributed by atoms with Gasteiger partial charge in [0.05, 0.1) is 19.9 Å². The van der Waals surface area contributed by atoms with Gasteiger partial charge < -0.3 is 14.5 Å². The summed E-state index contributed by atoms with van der Waals surface area (Å²) in [6, 6.07) is 18.9. The summed E-state index contributed by atoms with van der Waals surface area (Å²) >= 11 is 0. The minimum absolute atomic E-state index is 0.335. The van der Waals surface area contributed by atoms with E-state index in [1.165, 1.54) is 10.8 Å². The van der Waals surface area contributed by atoms with Gasteiger partial charge in [-0.15, -0.1) is 5.10 Å². The van der Waals surface area contributed by atoms with Gasteiger partial charge in [-0.05, 0) is 31.2 Å². The van der Waals surface area contributed by atoms with E-state index in [9.17, 15) is 4.79 Å². The van der Waals surface area contributed by atoms with Crippen LogP contribution in [0.2, 0.25) is 0 Å². The van der Waals surface area contributed by atoms with E-state index in [-0.39, 0.29) is 5.91 Å². The Hall–Kier alpha value is -4.13. The van der Waals surface area contributed by atoms with Crippen LogP contribution in [-0.4, -0.2) is 27.8 Å². The van der Waals surface area contributed by atoms with Gasteiger partial charge in [-0.3, -0.25) is 4.79 Å². The molecular formula is C24H22N4O3. The number of para-hydroxylation sites is 1. The number of hydrogen-bond donors (Lipinski definition) is 1. The van der Waals surface area contributed by atoms with Gasteiger partial charge in [0.1, 0.15) is 11.5 Å². The quantitative estimate of drug-likeness (QED) is 0.437. The molecule has 0 radical (unpaired) electrons. The van der Waals surface area contributed by atoms with Crippen molar-refractivity contribution in [3.63, 3.8) is 0 Å². The molecule has 0 unspecified atom stereocenters. The number of nitrogens with zero attached hydrogens (tertiary/aromatic N) is 3. The Kier molecular flexibility index (Phi) is 5.93. The fourth-order valence-electron chi connectivity index (χ4n) is 3.02. The predicted molar refractivity (Wildman–Crippen MR) is 119 cm³/mol. The van der Waals surface area contributed by atoms with Gasteiger partial charge in [0.15, 0.2) is 5.82 Å². The third kappa shape index (κ3) is 4.72. The van der Waals surface area contributed by atoms with Gasteiger partial charge in [0, 0.05) is 17.2 Å². The Morgan fingerprint density at radius 1 is 1.13 bits per heavy atom. The highest BCUT2D eigenvalue weighted by Gasteiger charge is 2.16. The summed E-state index contributed by atoms with van der Waals surface area (Å²) in [7, 11) is 1.59. The molecule has 0 fully saturated rings. The number of furan rings is 1. The average Bonchev–Trinajstić information content (AvgIpc) is 3.47. The van der Waals surface area contributed by atoms with Crippen molar-refractivity contribution >= 4 is 17.9 Å². The van der Waals surface area contributed by atoms with Crippen LogP contribution in [0.15, 0.2) is 77.4 Å². The summed E-state index contributed by atoms with van der Waals surface area (Å²) in [6.45, 7) is 2.39. The number of methoxy groups -OCH3 is 1. The minimum atomic E-state index is -0.335. The van der Waals surface area contributed by atoms with E-state index in [1.54, 1.807) is 25.5 Å². The highest BCUT2D eigenvalue weighted by Crippen LogP contribution is 2.21. The number of carbonyl (C=O) groups is 1. The summed E-state index contributed by atoms with van der Waals surface area (Å²) in [5.74, 6) is 1.87. The number of aromatic nitrogens is 3. The molecule has 1 N–H and O–H groups in total. The molecule has 2 aromatic carbocycles. The molecule has 2 heterocycles. The Morgan fingerprint density at radius 2 is 1.94 bits per heavy atom. The smallest absolute Gasteiger partial charge is 0.274 e. The van der Waals surface area contributed by atoms with Crippen molar-refractivity contribution in [2.75, 3.05) is 12.4 Å². The van der Waals surface area contributed by atoms with Crippen molar-refractivity contribution in [2.45, 2.75) is 13.5 Å². The van der Waals surface area contributed by atoms with Crippen molar-refractivity contribution in [2.24, 2.45) is 0 Å². The lowest BCUT2D eigenvalue weighted by molar-refractivity contribution is 0.0957. The van der Waals surface area contributed by atoms with Crippen molar-refractivity contribution in [3.05, 3.63) is 89.9 Å². The van der Waals surface area contributed by atoms with E-state index in [2.05, 4.69) is 15.4 Å². The normalized spacial score (nSPS) is 11.0. The van der Waals surface area contributed by atoms with Gasteiger partial charge in [-0.2, -0.15) is 9.67 Å². The summed E-state index contributed by atoms with van der Waals surface area (Å²) in [5, 5.41) is 7.58. The first kappa shape index (κ1) is 20.2. The Morgan fingerprint density at radius 3 is 2.68 bits per heavy atom. The van der Waals surface area contributed by atoms with E-state index >= 15 is 0 Å². The van der Waals surface area contributed by atoms with E-state index in [0.29, 0.717) is 24.1 Å². The van der Waals surface area contributed by atoms with Gasteiger partial charge in [0.25, 0.3) is 5.91 Å². The molecule has 0 saturated carbocycles. The molecule has 0 bridgehead atoms. The lowest BCUT2D eigenvalue weighted by Crippen LogP contribution is -2.14. The molecule has 0 spiro atoms. The van der Waals surface area contributed by atoms with Crippen LogP contribution in [0.4, 0.5) is 5.95 Å². The fraction of sp³-hybridized carbons (Fsp3) is 0.125. The first-order chi connectivity index (χ1) is 15.1. The van der Waals surface area contributed by atoms with Gasteiger partial charge in [-0.25, -0.2) is 0 Å². The molecule has 0 aliphatic carbocycles. The van der Waals surface area contributed by atoms with Crippen LogP contribution >= 0.6 is 0 Å². The lowest BCUT2D eigenvalue weighted by atomic mass is 10.1. The highest BCUT2D eigenvalue weighted by atomic mass is 16.5. The van der Waals surface area contributed by atoms with E-state index in [0.717, 1.165) is 22.5 Å². The number of anilines is 1. The number of hydrogen-bond acceptors (Lipinski definition) is 6. The van der Waals surface area contributed by atoms with Crippen molar-refractivity contribution in [3.8, 4) is 17.1 Å². The maximum Gasteiger partial charge on any atom is 0.274 e. The zero-order chi connectivity index (χ0) is 21.6. The Labute approximate surface area is 180 Å².